The molecule has 2 atom stereocenters. The van der Waals surface area contributed by atoms with Crippen LogP contribution in [0.2, 0.25) is 0 Å². The fourth-order valence-electron chi connectivity index (χ4n) is 2.04. The van der Waals surface area contributed by atoms with Gasteiger partial charge in [-0.25, -0.2) is 0 Å². The van der Waals surface area contributed by atoms with Crippen LogP contribution in [-0.4, -0.2) is 24.5 Å². The van der Waals surface area contributed by atoms with Crippen LogP contribution < -0.4 is 15.8 Å². The van der Waals surface area contributed by atoms with Crippen LogP contribution in [-0.2, 0) is 0 Å². The maximum absolute atomic E-state index is 11.3. The van der Waals surface area contributed by atoms with E-state index in [1.807, 2.05) is 12.1 Å². The molecule has 0 aromatic heterocycles. The van der Waals surface area contributed by atoms with Crippen molar-refractivity contribution in [3.63, 3.8) is 0 Å². The van der Waals surface area contributed by atoms with Gasteiger partial charge in [-0.1, -0.05) is 0 Å². The summed E-state index contributed by atoms with van der Waals surface area (Å²) in [4.78, 5) is 11.3. The SMILES string of the molecule is CC(=O)c1ccc2c(c1)NC(C)C(CCN)O2. The van der Waals surface area contributed by atoms with Crippen LogP contribution in [0.25, 0.3) is 0 Å². The lowest BCUT2D eigenvalue weighted by atomic mass is 10.0. The van der Waals surface area contributed by atoms with Crippen molar-refractivity contribution in [2.75, 3.05) is 11.9 Å². The van der Waals surface area contributed by atoms with Gasteiger partial charge in [0.15, 0.2) is 5.78 Å². The second-order valence-electron chi connectivity index (χ2n) is 4.43. The van der Waals surface area contributed by atoms with Gasteiger partial charge in [0.2, 0.25) is 0 Å². The highest BCUT2D eigenvalue weighted by molar-refractivity contribution is 5.95. The molecule has 1 aromatic rings. The van der Waals surface area contributed by atoms with E-state index in [0.29, 0.717) is 12.1 Å². The average Bonchev–Trinajstić information content (AvgIpc) is 2.29. The third-order valence-corrected chi connectivity index (χ3v) is 3.06. The molecule has 0 aliphatic carbocycles. The van der Waals surface area contributed by atoms with Crippen LogP contribution in [0.3, 0.4) is 0 Å². The van der Waals surface area contributed by atoms with E-state index in [2.05, 4.69) is 12.2 Å². The van der Waals surface area contributed by atoms with Crippen molar-refractivity contribution in [1.29, 1.82) is 0 Å². The predicted molar refractivity (Wildman–Crippen MR) is 67.6 cm³/mol. The van der Waals surface area contributed by atoms with Crippen molar-refractivity contribution in [2.45, 2.75) is 32.4 Å². The zero-order valence-corrected chi connectivity index (χ0v) is 10.2. The number of carbonyl (C=O) groups is 1. The van der Waals surface area contributed by atoms with Crippen molar-refractivity contribution < 1.29 is 9.53 Å². The topological polar surface area (TPSA) is 64.4 Å². The fourth-order valence-corrected chi connectivity index (χ4v) is 2.04. The minimum Gasteiger partial charge on any atom is -0.486 e. The lowest BCUT2D eigenvalue weighted by Gasteiger charge is -2.33. The smallest absolute Gasteiger partial charge is 0.159 e. The summed E-state index contributed by atoms with van der Waals surface area (Å²) in [7, 11) is 0. The van der Waals surface area contributed by atoms with Gasteiger partial charge in [0.25, 0.3) is 0 Å². The molecule has 4 heteroatoms. The number of benzene rings is 1. The number of fused-ring (bicyclic) bond motifs is 1. The summed E-state index contributed by atoms with van der Waals surface area (Å²) in [5, 5.41) is 3.36. The van der Waals surface area contributed by atoms with E-state index < -0.39 is 0 Å². The number of rotatable bonds is 3. The molecule has 0 fully saturated rings. The Kier molecular flexibility index (Phi) is 3.33. The summed E-state index contributed by atoms with van der Waals surface area (Å²) in [6.07, 6.45) is 0.915. The minimum atomic E-state index is 0.0614. The molecule has 0 radical (unpaired) electrons. The highest BCUT2D eigenvalue weighted by Gasteiger charge is 2.25. The molecule has 0 saturated heterocycles. The first-order chi connectivity index (χ1) is 8.11. The Bertz CT molecular complexity index is 431. The lowest BCUT2D eigenvalue weighted by molar-refractivity contribution is 0.101. The summed E-state index contributed by atoms with van der Waals surface area (Å²) in [5.41, 5.74) is 7.14. The molecule has 0 saturated carbocycles. The molecular formula is C13H18N2O2. The van der Waals surface area contributed by atoms with Crippen LogP contribution in [0.15, 0.2) is 18.2 Å². The largest absolute Gasteiger partial charge is 0.486 e. The second kappa shape index (κ2) is 4.75. The molecule has 3 N–H and O–H groups in total. The molecule has 0 spiro atoms. The third-order valence-electron chi connectivity index (χ3n) is 3.06. The summed E-state index contributed by atoms with van der Waals surface area (Å²) in [5.74, 6) is 0.859. The van der Waals surface area contributed by atoms with Gasteiger partial charge in [0.1, 0.15) is 11.9 Å². The molecule has 1 aliphatic heterocycles. The van der Waals surface area contributed by atoms with Gasteiger partial charge < -0.3 is 15.8 Å². The maximum Gasteiger partial charge on any atom is 0.159 e. The summed E-state index contributed by atoms with van der Waals surface area (Å²) >= 11 is 0. The predicted octanol–water partition coefficient (Wildman–Crippen LogP) is 1.80. The molecule has 17 heavy (non-hydrogen) atoms. The Morgan fingerprint density at radius 2 is 2.29 bits per heavy atom. The van der Waals surface area contributed by atoms with E-state index in [1.165, 1.54) is 0 Å². The highest BCUT2D eigenvalue weighted by Crippen LogP contribution is 2.33. The number of nitrogens with one attached hydrogen (secondary N) is 1. The van der Waals surface area contributed by atoms with Crippen molar-refractivity contribution in [2.24, 2.45) is 5.73 Å². The van der Waals surface area contributed by atoms with Gasteiger partial charge >= 0.3 is 0 Å². The lowest BCUT2D eigenvalue weighted by Crippen LogP contribution is -2.40. The second-order valence-corrected chi connectivity index (χ2v) is 4.43. The fraction of sp³-hybridized carbons (Fsp3) is 0.462. The van der Waals surface area contributed by atoms with Crippen molar-refractivity contribution in [3.05, 3.63) is 23.8 Å². The molecule has 1 heterocycles. The van der Waals surface area contributed by atoms with E-state index in [4.69, 9.17) is 10.5 Å². The monoisotopic (exact) mass is 234 g/mol. The minimum absolute atomic E-state index is 0.0614. The molecule has 2 rings (SSSR count). The number of nitrogens with two attached hydrogens (primary N) is 1. The molecule has 1 aromatic carbocycles. The Morgan fingerprint density at radius 3 is 2.94 bits per heavy atom. The standard InChI is InChI=1S/C13H18N2O2/c1-8-12(5-6-14)17-13-4-3-10(9(2)16)7-11(13)15-8/h3-4,7-8,12,15H,5-6,14H2,1-2H3. The number of carbonyl (C=O) groups excluding carboxylic acids is 1. The number of ether oxygens (including phenoxy) is 1. The van der Waals surface area contributed by atoms with Crippen LogP contribution in [0.5, 0.6) is 5.75 Å². The van der Waals surface area contributed by atoms with Crippen LogP contribution in [0.4, 0.5) is 5.69 Å². The number of Topliss-reactive ketones (excluding diaryl/α,β-unsaturated/α-hetero) is 1. The first-order valence-corrected chi connectivity index (χ1v) is 5.90. The third kappa shape index (κ3) is 2.42. The Morgan fingerprint density at radius 1 is 1.53 bits per heavy atom. The summed E-state index contributed by atoms with van der Waals surface area (Å²) in [6, 6.07) is 5.67. The van der Waals surface area contributed by atoms with Gasteiger partial charge in [-0.15, -0.1) is 0 Å². The Balaban J connectivity index is 2.25. The van der Waals surface area contributed by atoms with Gasteiger partial charge in [-0.2, -0.15) is 0 Å². The van der Waals surface area contributed by atoms with E-state index >= 15 is 0 Å². The van der Waals surface area contributed by atoms with E-state index in [0.717, 1.165) is 17.9 Å². The van der Waals surface area contributed by atoms with Gasteiger partial charge in [0.05, 0.1) is 11.7 Å². The van der Waals surface area contributed by atoms with Crippen molar-refractivity contribution in [1.82, 2.24) is 0 Å². The Hall–Kier alpha value is -1.55. The Labute approximate surface area is 101 Å². The molecule has 2 unspecified atom stereocenters. The quantitative estimate of drug-likeness (QED) is 0.783. The van der Waals surface area contributed by atoms with E-state index in [9.17, 15) is 4.79 Å². The number of hydrogen-bond acceptors (Lipinski definition) is 4. The first kappa shape index (κ1) is 11.9. The molecule has 4 nitrogen and oxygen atoms in total. The molecule has 0 amide bonds. The first-order valence-electron chi connectivity index (χ1n) is 5.90. The molecule has 92 valence electrons. The van der Waals surface area contributed by atoms with Crippen LogP contribution >= 0.6 is 0 Å². The van der Waals surface area contributed by atoms with E-state index in [-0.39, 0.29) is 17.9 Å². The van der Waals surface area contributed by atoms with Crippen molar-refractivity contribution in [3.8, 4) is 5.75 Å². The van der Waals surface area contributed by atoms with Crippen molar-refractivity contribution >= 4 is 11.5 Å². The normalized spacial score (nSPS) is 22.3. The van der Waals surface area contributed by atoms with Gasteiger partial charge in [-0.3, -0.25) is 4.79 Å². The number of ketones is 1. The van der Waals surface area contributed by atoms with E-state index in [1.54, 1.807) is 13.0 Å². The number of anilines is 1. The summed E-state index contributed by atoms with van der Waals surface area (Å²) < 4.78 is 5.87. The molecular weight excluding hydrogens is 216 g/mol. The van der Waals surface area contributed by atoms with Crippen LogP contribution in [0, 0.1) is 0 Å². The van der Waals surface area contributed by atoms with Gasteiger partial charge in [0, 0.05) is 5.56 Å². The zero-order chi connectivity index (χ0) is 12.4. The zero-order valence-electron chi connectivity index (χ0n) is 10.2. The molecule has 0 bridgehead atoms. The number of hydrogen-bond donors (Lipinski definition) is 2. The average molecular weight is 234 g/mol. The van der Waals surface area contributed by atoms with Gasteiger partial charge in [-0.05, 0) is 45.0 Å². The highest BCUT2D eigenvalue weighted by atomic mass is 16.5. The summed E-state index contributed by atoms with van der Waals surface area (Å²) in [6.45, 7) is 4.23. The molecule has 1 aliphatic rings. The van der Waals surface area contributed by atoms with Crippen LogP contribution in [0.1, 0.15) is 30.6 Å². The maximum atomic E-state index is 11.3.